The maximum absolute atomic E-state index is 12.5. The van der Waals surface area contributed by atoms with Gasteiger partial charge in [0.25, 0.3) is 0 Å². The first kappa shape index (κ1) is 20.3. The van der Waals surface area contributed by atoms with Crippen LogP contribution in [0.2, 0.25) is 0 Å². The van der Waals surface area contributed by atoms with E-state index in [0.29, 0.717) is 6.54 Å². The monoisotopic (exact) mass is 407 g/mol. The lowest BCUT2D eigenvalue weighted by atomic mass is 10.1. The van der Waals surface area contributed by atoms with Gasteiger partial charge in [-0.1, -0.05) is 19.9 Å². The Kier molecular flexibility index (Phi) is 5.66. The number of amides is 1. The van der Waals surface area contributed by atoms with Crippen molar-refractivity contribution in [3.8, 4) is 17.2 Å². The number of aryl methyl sites for hydroxylation is 1. The summed E-state index contributed by atoms with van der Waals surface area (Å²) >= 11 is 0. The minimum atomic E-state index is 0.0171. The second-order valence-electron chi connectivity index (χ2n) is 8.19. The molecular formula is C24H29N3O3. The molecule has 1 amide bonds. The summed E-state index contributed by atoms with van der Waals surface area (Å²) in [6.45, 7) is 9.02. The smallest absolute Gasteiger partial charge is 0.225 e. The van der Waals surface area contributed by atoms with Crippen molar-refractivity contribution in [3.05, 3.63) is 47.5 Å². The number of aliphatic imine (C=N–C) groups is 1. The van der Waals surface area contributed by atoms with E-state index >= 15 is 0 Å². The first-order chi connectivity index (χ1) is 14.5. The normalized spacial score (nSPS) is 16.1. The zero-order chi connectivity index (χ0) is 21.3. The molecule has 6 nitrogen and oxygen atoms in total. The molecule has 1 fully saturated rings. The van der Waals surface area contributed by atoms with E-state index in [1.54, 1.807) is 7.11 Å². The molecule has 0 aliphatic carbocycles. The van der Waals surface area contributed by atoms with Gasteiger partial charge in [-0.05, 0) is 43.2 Å². The van der Waals surface area contributed by atoms with E-state index in [1.807, 2.05) is 62.1 Å². The molecule has 30 heavy (non-hydrogen) atoms. The number of hydrogen-bond acceptors (Lipinski definition) is 5. The van der Waals surface area contributed by atoms with E-state index in [2.05, 4.69) is 4.90 Å². The molecule has 0 radical (unpaired) electrons. The van der Waals surface area contributed by atoms with Crippen LogP contribution in [0.4, 0.5) is 5.69 Å². The lowest BCUT2D eigenvalue weighted by Crippen LogP contribution is -2.39. The number of carbonyl (C=O) groups is 1. The van der Waals surface area contributed by atoms with Gasteiger partial charge in [-0.2, -0.15) is 0 Å². The van der Waals surface area contributed by atoms with Crippen molar-refractivity contribution in [1.29, 1.82) is 0 Å². The fourth-order valence-electron chi connectivity index (χ4n) is 3.94. The molecule has 2 aromatic carbocycles. The van der Waals surface area contributed by atoms with Crippen LogP contribution in [0, 0.1) is 12.8 Å². The summed E-state index contributed by atoms with van der Waals surface area (Å²) in [5, 5.41) is 0. The number of carbonyl (C=O) groups excluding carboxylic acids is 1. The van der Waals surface area contributed by atoms with Crippen LogP contribution in [0.25, 0.3) is 0 Å². The Morgan fingerprint density at radius 2 is 1.90 bits per heavy atom. The first-order valence-electron chi connectivity index (χ1n) is 10.6. The SMILES string of the molecule is COc1ccc2c(c1)Oc1cc(C)ccc1N=C2N1CCCN(C(=O)C(C)C)CC1. The van der Waals surface area contributed by atoms with Crippen molar-refractivity contribution in [2.24, 2.45) is 10.9 Å². The molecule has 2 aliphatic heterocycles. The average molecular weight is 408 g/mol. The Bertz CT molecular complexity index is 984. The van der Waals surface area contributed by atoms with Gasteiger partial charge < -0.3 is 19.3 Å². The summed E-state index contributed by atoms with van der Waals surface area (Å²) in [5.74, 6) is 3.34. The van der Waals surface area contributed by atoms with E-state index in [-0.39, 0.29) is 11.8 Å². The maximum Gasteiger partial charge on any atom is 0.225 e. The summed E-state index contributed by atoms with van der Waals surface area (Å²) in [7, 11) is 1.65. The third-order valence-corrected chi connectivity index (χ3v) is 5.59. The predicted molar refractivity (Wildman–Crippen MR) is 118 cm³/mol. The molecule has 6 heteroatoms. The van der Waals surface area contributed by atoms with Gasteiger partial charge in [0.2, 0.25) is 5.91 Å². The van der Waals surface area contributed by atoms with Gasteiger partial charge in [-0.25, -0.2) is 4.99 Å². The topological polar surface area (TPSA) is 54.4 Å². The third-order valence-electron chi connectivity index (χ3n) is 5.59. The molecule has 1 saturated heterocycles. The lowest BCUT2D eigenvalue weighted by Gasteiger charge is -2.26. The number of methoxy groups -OCH3 is 1. The van der Waals surface area contributed by atoms with Crippen molar-refractivity contribution < 1.29 is 14.3 Å². The van der Waals surface area contributed by atoms with Gasteiger partial charge >= 0.3 is 0 Å². The number of hydrogen-bond donors (Lipinski definition) is 0. The fourth-order valence-corrected chi connectivity index (χ4v) is 3.94. The quantitative estimate of drug-likeness (QED) is 0.741. The van der Waals surface area contributed by atoms with Crippen LogP contribution in [-0.4, -0.2) is 54.8 Å². The van der Waals surface area contributed by atoms with Crippen LogP contribution < -0.4 is 9.47 Å². The number of rotatable bonds is 2. The predicted octanol–water partition coefficient (Wildman–Crippen LogP) is 4.38. The van der Waals surface area contributed by atoms with Crippen molar-refractivity contribution >= 4 is 17.4 Å². The minimum absolute atomic E-state index is 0.0171. The summed E-state index contributed by atoms with van der Waals surface area (Å²) in [4.78, 5) is 21.8. The number of benzene rings is 2. The zero-order valence-electron chi connectivity index (χ0n) is 18.1. The highest BCUT2D eigenvalue weighted by molar-refractivity contribution is 6.04. The molecule has 0 spiro atoms. The highest BCUT2D eigenvalue weighted by atomic mass is 16.5. The van der Waals surface area contributed by atoms with E-state index in [0.717, 1.165) is 66.0 Å². The van der Waals surface area contributed by atoms with Crippen molar-refractivity contribution in [1.82, 2.24) is 9.80 Å². The van der Waals surface area contributed by atoms with Crippen LogP contribution >= 0.6 is 0 Å². The van der Waals surface area contributed by atoms with Crippen LogP contribution in [-0.2, 0) is 4.79 Å². The second kappa shape index (κ2) is 8.38. The third kappa shape index (κ3) is 3.99. The van der Waals surface area contributed by atoms with E-state index < -0.39 is 0 Å². The number of fused-ring (bicyclic) bond motifs is 2. The van der Waals surface area contributed by atoms with Crippen molar-refractivity contribution in [3.63, 3.8) is 0 Å². The van der Waals surface area contributed by atoms with Gasteiger partial charge in [0.05, 0.1) is 12.7 Å². The first-order valence-corrected chi connectivity index (χ1v) is 10.6. The van der Waals surface area contributed by atoms with Gasteiger partial charge in [0.1, 0.15) is 23.0 Å². The summed E-state index contributed by atoms with van der Waals surface area (Å²) in [6, 6.07) is 11.9. The molecule has 0 atom stereocenters. The molecule has 0 saturated carbocycles. The average Bonchev–Trinajstić information content (AvgIpc) is 3.06. The van der Waals surface area contributed by atoms with Crippen molar-refractivity contribution in [2.75, 3.05) is 33.3 Å². The molecule has 0 bridgehead atoms. The van der Waals surface area contributed by atoms with Crippen LogP contribution in [0.3, 0.4) is 0 Å². The van der Waals surface area contributed by atoms with Gasteiger partial charge in [0.15, 0.2) is 5.75 Å². The highest BCUT2D eigenvalue weighted by Crippen LogP contribution is 2.40. The van der Waals surface area contributed by atoms with Gasteiger partial charge in [-0.3, -0.25) is 4.79 Å². The maximum atomic E-state index is 12.5. The largest absolute Gasteiger partial charge is 0.497 e. The molecule has 0 N–H and O–H groups in total. The zero-order valence-corrected chi connectivity index (χ0v) is 18.1. The number of ether oxygens (including phenoxy) is 2. The molecule has 158 valence electrons. The standard InChI is InChI=1S/C24H29N3O3/c1-16(2)24(28)27-11-5-10-26(12-13-27)23-19-8-7-18(29-4)15-21(19)30-22-14-17(3)6-9-20(22)25-23/h6-9,14-16H,5,10-13H2,1-4H3. The number of nitrogens with zero attached hydrogens (tertiary/aromatic N) is 3. The highest BCUT2D eigenvalue weighted by Gasteiger charge is 2.27. The van der Waals surface area contributed by atoms with Crippen LogP contribution in [0.15, 0.2) is 41.4 Å². The Morgan fingerprint density at radius 3 is 2.67 bits per heavy atom. The van der Waals surface area contributed by atoms with E-state index in [9.17, 15) is 4.79 Å². The summed E-state index contributed by atoms with van der Waals surface area (Å²) < 4.78 is 11.7. The molecule has 0 aromatic heterocycles. The Labute approximate surface area is 178 Å². The van der Waals surface area contributed by atoms with E-state index in [4.69, 9.17) is 14.5 Å². The second-order valence-corrected chi connectivity index (χ2v) is 8.19. The molecule has 2 aliphatic rings. The van der Waals surface area contributed by atoms with Gasteiger partial charge in [0, 0.05) is 38.2 Å². The fraction of sp³-hybridized carbons (Fsp3) is 0.417. The Morgan fingerprint density at radius 1 is 1.07 bits per heavy atom. The lowest BCUT2D eigenvalue weighted by molar-refractivity contribution is -0.134. The molecule has 2 aromatic rings. The molecule has 4 rings (SSSR count). The molecule has 0 unspecified atom stereocenters. The minimum Gasteiger partial charge on any atom is -0.497 e. The Balaban J connectivity index is 1.72. The number of amidine groups is 1. The van der Waals surface area contributed by atoms with Gasteiger partial charge in [-0.15, -0.1) is 0 Å². The van der Waals surface area contributed by atoms with Crippen LogP contribution in [0.1, 0.15) is 31.4 Å². The molecule has 2 heterocycles. The van der Waals surface area contributed by atoms with Crippen LogP contribution in [0.5, 0.6) is 17.2 Å². The molecular weight excluding hydrogens is 378 g/mol. The summed E-state index contributed by atoms with van der Waals surface area (Å²) in [5.41, 5.74) is 2.87. The Hall–Kier alpha value is -3.02. The van der Waals surface area contributed by atoms with Crippen molar-refractivity contribution in [2.45, 2.75) is 27.2 Å². The summed E-state index contributed by atoms with van der Waals surface area (Å²) in [6.07, 6.45) is 0.907. The van der Waals surface area contributed by atoms with E-state index in [1.165, 1.54) is 0 Å².